The Morgan fingerprint density at radius 2 is 1.87 bits per heavy atom. The average Bonchev–Trinajstić information content (AvgIpc) is 2.57. The molecule has 2 heterocycles. The van der Waals surface area contributed by atoms with Gasteiger partial charge in [0.1, 0.15) is 0 Å². The number of piperazine rings is 1. The summed E-state index contributed by atoms with van der Waals surface area (Å²) in [7, 11) is 0. The first kappa shape index (κ1) is 15.6. The van der Waals surface area contributed by atoms with Crippen molar-refractivity contribution in [2.24, 2.45) is 0 Å². The van der Waals surface area contributed by atoms with Crippen LogP contribution in [-0.4, -0.2) is 42.0 Å². The third kappa shape index (κ3) is 3.40. The summed E-state index contributed by atoms with van der Waals surface area (Å²) in [6, 6.07) is 8.80. The molecule has 5 nitrogen and oxygen atoms in total. The van der Waals surface area contributed by atoms with Crippen LogP contribution in [0.3, 0.4) is 0 Å². The molecule has 23 heavy (non-hydrogen) atoms. The largest absolute Gasteiger partial charge is 0.368 e. The number of benzene rings is 1. The van der Waals surface area contributed by atoms with E-state index < -0.39 is 0 Å². The number of hydrogen-bond acceptors (Lipinski definition) is 3. The number of carbonyl (C=O) groups excluding carboxylic acids is 1. The Kier molecular flexibility index (Phi) is 4.39. The number of rotatable bonds is 2. The minimum atomic E-state index is -0.206. The fourth-order valence-corrected chi connectivity index (χ4v) is 2.97. The van der Waals surface area contributed by atoms with Crippen LogP contribution in [0.1, 0.15) is 15.9 Å². The second-order valence-electron chi connectivity index (χ2n) is 5.65. The number of nitrogens with one attached hydrogen (secondary N) is 1. The van der Waals surface area contributed by atoms with E-state index in [0.717, 1.165) is 23.8 Å². The second-order valence-corrected chi connectivity index (χ2v) is 6.09. The summed E-state index contributed by atoms with van der Waals surface area (Å²) in [5, 5.41) is 0.720. The Hall–Kier alpha value is -2.27. The molecule has 1 aliphatic rings. The molecule has 0 saturated carbocycles. The van der Waals surface area contributed by atoms with Crippen LogP contribution in [0, 0.1) is 6.92 Å². The van der Waals surface area contributed by atoms with Gasteiger partial charge in [-0.3, -0.25) is 9.59 Å². The van der Waals surface area contributed by atoms with Crippen molar-refractivity contribution in [3.63, 3.8) is 0 Å². The highest BCUT2D eigenvalue weighted by Gasteiger charge is 2.23. The van der Waals surface area contributed by atoms with Gasteiger partial charge in [-0.25, -0.2) is 0 Å². The Morgan fingerprint density at radius 3 is 2.52 bits per heavy atom. The van der Waals surface area contributed by atoms with Crippen LogP contribution < -0.4 is 10.5 Å². The Balaban J connectivity index is 1.68. The summed E-state index contributed by atoms with van der Waals surface area (Å²) < 4.78 is 0. The van der Waals surface area contributed by atoms with E-state index in [-0.39, 0.29) is 11.5 Å². The van der Waals surface area contributed by atoms with E-state index in [1.807, 2.05) is 23.1 Å². The number of nitrogens with zero attached hydrogens (tertiary/aromatic N) is 2. The van der Waals surface area contributed by atoms with Crippen molar-refractivity contribution in [3.8, 4) is 0 Å². The summed E-state index contributed by atoms with van der Waals surface area (Å²) in [6.07, 6.45) is 1.47. The van der Waals surface area contributed by atoms with Gasteiger partial charge in [-0.1, -0.05) is 17.7 Å². The zero-order chi connectivity index (χ0) is 16.4. The molecule has 1 fully saturated rings. The van der Waals surface area contributed by atoms with E-state index in [9.17, 15) is 9.59 Å². The molecule has 0 radical (unpaired) electrons. The quantitative estimate of drug-likeness (QED) is 0.918. The van der Waals surface area contributed by atoms with E-state index in [2.05, 4.69) is 16.8 Å². The van der Waals surface area contributed by atoms with Crippen LogP contribution in [0.25, 0.3) is 0 Å². The fourth-order valence-electron chi connectivity index (χ4n) is 2.80. The van der Waals surface area contributed by atoms with Gasteiger partial charge in [0, 0.05) is 49.2 Å². The zero-order valence-electron chi connectivity index (χ0n) is 12.9. The van der Waals surface area contributed by atoms with E-state index in [1.54, 1.807) is 6.07 Å². The van der Waals surface area contributed by atoms with Gasteiger partial charge >= 0.3 is 0 Å². The van der Waals surface area contributed by atoms with Crippen molar-refractivity contribution >= 4 is 23.2 Å². The molecule has 6 heteroatoms. The maximum Gasteiger partial charge on any atom is 0.255 e. The number of aryl methyl sites for hydroxylation is 1. The Bertz CT molecular complexity index is 759. The van der Waals surface area contributed by atoms with E-state index in [4.69, 9.17) is 11.6 Å². The summed E-state index contributed by atoms with van der Waals surface area (Å²) in [6.45, 7) is 4.86. The standard InChI is InChI=1S/C17H18ClN3O2/c1-12-2-4-14(18)10-15(12)20-6-8-21(9-7-20)17(23)13-3-5-16(22)19-11-13/h2-5,10-11H,6-9H2,1H3,(H,19,22). The molecule has 120 valence electrons. The first-order chi connectivity index (χ1) is 11.0. The fraction of sp³-hybridized carbons (Fsp3) is 0.294. The molecular weight excluding hydrogens is 314 g/mol. The first-order valence-electron chi connectivity index (χ1n) is 7.54. The van der Waals surface area contributed by atoms with Crippen molar-refractivity contribution in [3.05, 3.63) is 63.0 Å². The zero-order valence-corrected chi connectivity index (χ0v) is 13.6. The maximum atomic E-state index is 12.4. The van der Waals surface area contributed by atoms with Gasteiger partial charge in [0.2, 0.25) is 5.56 Å². The summed E-state index contributed by atoms with van der Waals surface area (Å²) in [5.74, 6) is -0.0521. The van der Waals surface area contributed by atoms with Gasteiger partial charge in [-0.15, -0.1) is 0 Å². The first-order valence-corrected chi connectivity index (χ1v) is 7.91. The lowest BCUT2D eigenvalue weighted by Crippen LogP contribution is -2.49. The van der Waals surface area contributed by atoms with Crippen molar-refractivity contribution in [1.82, 2.24) is 9.88 Å². The monoisotopic (exact) mass is 331 g/mol. The lowest BCUT2D eigenvalue weighted by Gasteiger charge is -2.36. The van der Waals surface area contributed by atoms with Crippen molar-refractivity contribution < 1.29 is 4.79 Å². The molecule has 1 aromatic carbocycles. The molecule has 1 aliphatic heterocycles. The van der Waals surface area contributed by atoms with E-state index in [0.29, 0.717) is 18.7 Å². The molecule has 3 rings (SSSR count). The van der Waals surface area contributed by atoms with Crippen LogP contribution in [-0.2, 0) is 0 Å². The topological polar surface area (TPSA) is 56.4 Å². The number of halogens is 1. The van der Waals surface area contributed by atoms with Crippen LogP contribution in [0.4, 0.5) is 5.69 Å². The summed E-state index contributed by atoms with van der Waals surface area (Å²) in [5.41, 5.74) is 2.60. The molecule has 1 saturated heterocycles. The van der Waals surface area contributed by atoms with Crippen LogP contribution >= 0.6 is 11.6 Å². The third-order valence-electron chi connectivity index (χ3n) is 4.11. The molecule has 0 aliphatic carbocycles. The highest BCUT2D eigenvalue weighted by molar-refractivity contribution is 6.30. The highest BCUT2D eigenvalue weighted by atomic mass is 35.5. The number of carbonyl (C=O) groups is 1. The number of amides is 1. The molecule has 1 amide bonds. The van der Waals surface area contributed by atoms with Gasteiger partial charge in [-0.2, -0.15) is 0 Å². The Labute approximate surface area is 139 Å². The SMILES string of the molecule is Cc1ccc(Cl)cc1N1CCN(C(=O)c2ccc(=O)[nH]c2)CC1. The molecule has 0 atom stereocenters. The van der Waals surface area contributed by atoms with Crippen LogP contribution in [0.5, 0.6) is 0 Å². The molecular formula is C17H18ClN3O2. The molecule has 0 spiro atoms. The molecule has 0 bridgehead atoms. The van der Waals surface area contributed by atoms with Gasteiger partial charge < -0.3 is 14.8 Å². The van der Waals surface area contributed by atoms with Gasteiger partial charge in [-0.05, 0) is 30.7 Å². The predicted octanol–water partition coefficient (Wildman–Crippen LogP) is 2.30. The van der Waals surface area contributed by atoms with E-state index in [1.165, 1.54) is 17.8 Å². The van der Waals surface area contributed by atoms with Crippen LogP contribution in [0.2, 0.25) is 5.02 Å². The minimum Gasteiger partial charge on any atom is -0.368 e. The van der Waals surface area contributed by atoms with E-state index >= 15 is 0 Å². The number of hydrogen-bond donors (Lipinski definition) is 1. The third-order valence-corrected chi connectivity index (χ3v) is 4.34. The maximum absolute atomic E-state index is 12.4. The van der Waals surface area contributed by atoms with Crippen LogP contribution in [0.15, 0.2) is 41.3 Å². The van der Waals surface area contributed by atoms with Crippen molar-refractivity contribution in [1.29, 1.82) is 0 Å². The number of pyridine rings is 1. The summed E-state index contributed by atoms with van der Waals surface area (Å²) >= 11 is 6.09. The van der Waals surface area contributed by atoms with Gasteiger partial charge in [0.15, 0.2) is 0 Å². The number of aromatic nitrogens is 1. The summed E-state index contributed by atoms with van der Waals surface area (Å²) in [4.78, 5) is 30.1. The van der Waals surface area contributed by atoms with Crippen molar-refractivity contribution in [2.45, 2.75) is 6.92 Å². The number of H-pyrrole nitrogens is 1. The van der Waals surface area contributed by atoms with Gasteiger partial charge in [0.25, 0.3) is 5.91 Å². The van der Waals surface area contributed by atoms with Gasteiger partial charge in [0.05, 0.1) is 5.56 Å². The highest BCUT2D eigenvalue weighted by Crippen LogP contribution is 2.25. The number of aromatic amines is 1. The second kappa shape index (κ2) is 6.46. The predicted molar refractivity (Wildman–Crippen MR) is 91.4 cm³/mol. The lowest BCUT2D eigenvalue weighted by atomic mass is 10.1. The van der Waals surface area contributed by atoms with Crippen molar-refractivity contribution in [2.75, 3.05) is 31.1 Å². The average molecular weight is 332 g/mol. The normalized spacial score (nSPS) is 14.9. The molecule has 2 aromatic rings. The minimum absolute atomic E-state index is 0.0521. The smallest absolute Gasteiger partial charge is 0.255 e. The number of anilines is 1. The Morgan fingerprint density at radius 1 is 1.13 bits per heavy atom. The molecule has 0 unspecified atom stereocenters. The molecule has 1 N–H and O–H groups in total. The molecule has 1 aromatic heterocycles. The lowest BCUT2D eigenvalue weighted by molar-refractivity contribution is 0.0746.